The molecule has 2 rings (SSSR count). The van der Waals surface area contributed by atoms with Crippen LogP contribution < -0.4 is 0 Å². The predicted molar refractivity (Wildman–Crippen MR) is 82.0 cm³/mol. The molecule has 7 heteroatoms. The van der Waals surface area contributed by atoms with Gasteiger partial charge in [-0.15, -0.1) is 0 Å². The first kappa shape index (κ1) is 17.5. The topological polar surface area (TPSA) is 46.4 Å². The maximum Gasteiger partial charge on any atom is 0.416 e. The number of nitro benzene ring substituents is 1. The fraction of sp³-hybridized carbons (Fsp3) is 0.500. The van der Waals surface area contributed by atoms with Crippen molar-refractivity contribution in [3.8, 4) is 0 Å². The van der Waals surface area contributed by atoms with Gasteiger partial charge in [-0.1, -0.05) is 19.9 Å². The van der Waals surface area contributed by atoms with Crippen molar-refractivity contribution in [2.75, 3.05) is 19.6 Å². The summed E-state index contributed by atoms with van der Waals surface area (Å²) in [6.45, 7) is 6.53. The molecule has 23 heavy (non-hydrogen) atoms. The Morgan fingerprint density at radius 2 is 2.00 bits per heavy atom. The Kier molecular flexibility index (Phi) is 5.09. The minimum Gasteiger partial charge on any atom is -0.299 e. The van der Waals surface area contributed by atoms with Crippen LogP contribution in [0.1, 0.15) is 31.4 Å². The minimum atomic E-state index is -4.60. The molecule has 0 saturated carbocycles. The second-order valence-electron chi connectivity index (χ2n) is 6.16. The van der Waals surface area contributed by atoms with Crippen molar-refractivity contribution in [1.29, 1.82) is 0 Å². The van der Waals surface area contributed by atoms with Gasteiger partial charge in [-0.3, -0.25) is 15.0 Å². The summed E-state index contributed by atoms with van der Waals surface area (Å²) in [5, 5.41) is 10.9. The zero-order chi connectivity index (χ0) is 17.2. The molecule has 4 nitrogen and oxygen atoms in total. The number of benzene rings is 1. The lowest BCUT2D eigenvalue weighted by molar-refractivity contribution is -0.385. The van der Waals surface area contributed by atoms with Gasteiger partial charge < -0.3 is 0 Å². The lowest BCUT2D eigenvalue weighted by Crippen LogP contribution is -2.31. The third kappa shape index (κ3) is 4.54. The monoisotopic (exact) mass is 328 g/mol. The fourth-order valence-corrected chi connectivity index (χ4v) is 2.72. The zero-order valence-electron chi connectivity index (χ0n) is 13.1. The van der Waals surface area contributed by atoms with Crippen LogP contribution in [0.5, 0.6) is 0 Å². The van der Waals surface area contributed by atoms with E-state index in [-0.39, 0.29) is 5.56 Å². The van der Waals surface area contributed by atoms with Crippen LogP contribution in [-0.4, -0.2) is 29.5 Å². The van der Waals surface area contributed by atoms with Crippen LogP contribution in [0, 0.1) is 16.0 Å². The highest BCUT2D eigenvalue weighted by atomic mass is 19.4. The quantitative estimate of drug-likeness (QED) is 0.609. The highest BCUT2D eigenvalue weighted by molar-refractivity contribution is 5.69. The molecule has 0 amide bonds. The van der Waals surface area contributed by atoms with Gasteiger partial charge >= 0.3 is 6.18 Å². The van der Waals surface area contributed by atoms with Crippen LogP contribution in [0.3, 0.4) is 0 Å². The molecule has 0 fully saturated rings. The first-order chi connectivity index (χ1) is 10.7. The lowest BCUT2D eigenvalue weighted by atomic mass is 9.96. The highest BCUT2D eigenvalue weighted by Crippen LogP contribution is 2.35. The number of hydrogen-bond acceptors (Lipinski definition) is 3. The lowest BCUT2D eigenvalue weighted by Gasteiger charge is -2.28. The first-order valence-corrected chi connectivity index (χ1v) is 7.45. The Labute approximate surface area is 132 Å². The van der Waals surface area contributed by atoms with E-state index in [2.05, 4.69) is 18.7 Å². The number of nitrogens with zero attached hydrogens (tertiary/aromatic N) is 2. The minimum absolute atomic E-state index is 0.288. The summed E-state index contributed by atoms with van der Waals surface area (Å²) < 4.78 is 38.8. The maximum atomic E-state index is 12.9. The van der Waals surface area contributed by atoms with Crippen LogP contribution in [0.4, 0.5) is 18.9 Å². The van der Waals surface area contributed by atoms with Crippen molar-refractivity contribution in [3.63, 3.8) is 0 Å². The van der Waals surface area contributed by atoms with Gasteiger partial charge in [-0.05, 0) is 29.5 Å². The summed E-state index contributed by atoms with van der Waals surface area (Å²) in [6, 6.07) is 2.80. The molecule has 0 bridgehead atoms. The average molecular weight is 328 g/mol. The number of nitro groups is 1. The third-order valence-electron chi connectivity index (χ3n) is 3.74. The molecule has 0 spiro atoms. The van der Waals surface area contributed by atoms with Crippen LogP contribution in [-0.2, 0) is 6.18 Å². The Morgan fingerprint density at radius 3 is 2.48 bits per heavy atom. The number of alkyl halides is 3. The van der Waals surface area contributed by atoms with Gasteiger partial charge in [-0.25, -0.2) is 0 Å². The molecule has 0 aromatic heterocycles. The molecule has 1 aromatic carbocycles. The Balaban J connectivity index is 2.31. The van der Waals surface area contributed by atoms with Gasteiger partial charge in [0.25, 0.3) is 5.69 Å². The largest absolute Gasteiger partial charge is 0.416 e. The van der Waals surface area contributed by atoms with E-state index >= 15 is 0 Å². The Bertz CT molecular complexity index is 624. The highest BCUT2D eigenvalue weighted by Gasteiger charge is 2.33. The Morgan fingerprint density at radius 1 is 1.30 bits per heavy atom. The van der Waals surface area contributed by atoms with Crippen molar-refractivity contribution in [2.24, 2.45) is 5.92 Å². The van der Waals surface area contributed by atoms with Gasteiger partial charge in [0.05, 0.1) is 10.5 Å². The van der Waals surface area contributed by atoms with E-state index in [1.807, 2.05) is 6.08 Å². The molecule has 0 N–H and O–H groups in total. The average Bonchev–Trinajstić information content (AvgIpc) is 2.46. The van der Waals surface area contributed by atoms with Crippen molar-refractivity contribution in [1.82, 2.24) is 4.90 Å². The van der Waals surface area contributed by atoms with Crippen LogP contribution >= 0.6 is 0 Å². The Hall–Kier alpha value is -1.89. The smallest absolute Gasteiger partial charge is 0.299 e. The summed E-state index contributed by atoms with van der Waals surface area (Å²) >= 11 is 0. The molecule has 1 aromatic rings. The van der Waals surface area contributed by atoms with Gasteiger partial charge in [-0.2, -0.15) is 13.2 Å². The van der Waals surface area contributed by atoms with E-state index < -0.39 is 22.4 Å². The van der Waals surface area contributed by atoms with Gasteiger partial charge in [0, 0.05) is 31.8 Å². The molecule has 0 radical (unpaired) electrons. The summed E-state index contributed by atoms with van der Waals surface area (Å²) in [5.41, 5.74) is -0.484. The molecular formula is C16H19F3N2O2. The second-order valence-corrected chi connectivity index (χ2v) is 6.16. The molecule has 0 aliphatic carbocycles. The van der Waals surface area contributed by atoms with Crippen LogP contribution in [0.2, 0.25) is 0 Å². The summed E-state index contributed by atoms with van der Waals surface area (Å²) in [7, 11) is 0. The van der Waals surface area contributed by atoms with E-state index in [1.54, 1.807) is 0 Å². The SMILES string of the molecule is CC(C)CN1CC=C(c2cc([N+](=O)[O-])cc(C(F)(F)F)c2)CC1. The third-order valence-corrected chi connectivity index (χ3v) is 3.74. The summed E-state index contributed by atoms with van der Waals surface area (Å²) in [5.74, 6) is 0.514. The molecule has 126 valence electrons. The molecule has 1 heterocycles. The fourth-order valence-electron chi connectivity index (χ4n) is 2.72. The van der Waals surface area contributed by atoms with Crippen molar-refractivity contribution < 1.29 is 18.1 Å². The molecule has 0 saturated heterocycles. The molecule has 1 aliphatic rings. The zero-order valence-corrected chi connectivity index (χ0v) is 13.1. The summed E-state index contributed by atoms with van der Waals surface area (Å²) in [6.07, 6.45) is -2.14. The van der Waals surface area contributed by atoms with E-state index in [9.17, 15) is 23.3 Å². The van der Waals surface area contributed by atoms with Gasteiger partial charge in [0.1, 0.15) is 0 Å². The normalized spacial score (nSPS) is 16.5. The van der Waals surface area contributed by atoms with Gasteiger partial charge in [0.2, 0.25) is 0 Å². The van der Waals surface area contributed by atoms with Crippen LogP contribution in [0.25, 0.3) is 5.57 Å². The van der Waals surface area contributed by atoms with Crippen molar-refractivity contribution >= 4 is 11.3 Å². The number of hydrogen-bond donors (Lipinski definition) is 0. The van der Waals surface area contributed by atoms with Crippen molar-refractivity contribution in [3.05, 3.63) is 45.5 Å². The number of non-ortho nitro benzene ring substituents is 1. The maximum absolute atomic E-state index is 12.9. The predicted octanol–water partition coefficient (Wildman–Crippen LogP) is 4.36. The molecule has 1 aliphatic heterocycles. The van der Waals surface area contributed by atoms with Crippen molar-refractivity contribution in [2.45, 2.75) is 26.4 Å². The number of rotatable bonds is 4. The molecule has 0 atom stereocenters. The molecule has 0 unspecified atom stereocenters. The van der Waals surface area contributed by atoms with E-state index in [1.165, 1.54) is 6.07 Å². The van der Waals surface area contributed by atoms with Crippen LogP contribution in [0.15, 0.2) is 24.3 Å². The summed E-state index contributed by atoms with van der Waals surface area (Å²) in [4.78, 5) is 12.3. The molecular weight excluding hydrogens is 309 g/mol. The second kappa shape index (κ2) is 6.70. The van der Waals surface area contributed by atoms with E-state index in [0.717, 1.165) is 24.7 Å². The number of halogens is 3. The first-order valence-electron chi connectivity index (χ1n) is 7.45. The van der Waals surface area contributed by atoms with E-state index in [4.69, 9.17) is 0 Å². The standard InChI is InChI=1S/C16H19F3N2O2/c1-11(2)10-20-5-3-12(4-6-20)13-7-14(16(17,18)19)9-15(8-13)21(22)23/h3,7-9,11H,4-6,10H2,1-2H3. The van der Waals surface area contributed by atoms with E-state index in [0.29, 0.717) is 24.9 Å². The van der Waals surface area contributed by atoms with Gasteiger partial charge in [0.15, 0.2) is 0 Å².